The molecule has 0 spiro atoms. The van der Waals surface area contributed by atoms with Gasteiger partial charge in [0.2, 0.25) is 0 Å². The normalized spacial score (nSPS) is 11.8. The van der Waals surface area contributed by atoms with Gasteiger partial charge in [-0.2, -0.15) is 0 Å². The third kappa shape index (κ3) is 3.75. The van der Waals surface area contributed by atoms with Gasteiger partial charge in [0.25, 0.3) is 0 Å². The third-order valence-corrected chi connectivity index (χ3v) is 3.09. The lowest BCUT2D eigenvalue weighted by atomic mass is 9.96. The van der Waals surface area contributed by atoms with Crippen LogP contribution in [0.4, 0.5) is 8.78 Å². The predicted octanol–water partition coefficient (Wildman–Crippen LogP) is 3.00. The maximum absolute atomic E-state index is 13.3. The van der Waals surface area contributed by atoms with E-state index in [1.165, 1.54) is 12.1 Å². The van der Waals surface area contributed by atoms with E-state index in [1.54, 1.807) is 0 Å². The summed E-state index contributed by atoms with van der Waals surface area (Å²) in [4.78, 5) is 0. The van der Waals surface area contributed by atoms with Crippen molar-refractivity contribution in [3.63, 3.8) is 0 Å². The van der Waals surface area contributed by atoms with Crippen molar-refractivity contribution in [2.24, 2.45) is 5.73 Å². The van der Waals surface area contributed by atoms with Gasteiger partial charge in [0, 0.05) is 11.1 Å². The predicted molar refractivity (Wildman–Crippen MR) is 63.5 cm³/mol. The lowest BCUT2D eigenvalue weighted by Crippen LogP contribution is -2.43. The molecule has 0 aliphatic heterocycles. The van der Waals surface area contributed by atoms with Crippen LogP contribution in [0.25, 0.3) is 0 Å². The van der Waals surface area contributed by atoms with Gasteiger partial charge in [-0.3, -0.25) is 0 Å². The molecule has 0 bridgehead atoms. The highest BCUT2D eigenvalue weighted by molar-refractivity contribution is 5.18. The molecule has 2 N–H and O–H groups in total. The van der Waals surface area contributed by atoms with Crippen LogP contribution in [0, 0.1) is 11.6 Å². The Bertz CT molecular complexity index is 364. The summed E-state index contributed by atoms with van der Waals surface area (Å²) in [6.07, 6.45) is 1.57. The topological polar surface area (TPSA) is 35.2 Å². The molecule has 1 aromatic carbocycles. The molecule has 96 valence electrons. The monoisotopic (exact) mass is 243 g/mol. The van der Waals surface area contributed by atoms with Crippen molar-refractivity contribution in [3.8, 4) is 0 Å². The van der Waals surface area contributed by atoms with Crippen molar-refractivity contribution in [1.82, 2.24) is 0 Å². The lowest BCUT2D eigenvalue weighted by molar-refractivity contribution is 0.0677. The average molecular weight is 243 g/mol. The molecule has 0 unspecified atom stereocenters. The molecule has 0 aromatic heterocycles. The molecule has 1 rings (SSSR count). The zero-order chi connectivity index (χ0) is 12.9. The first-order valence-corrected chi connectivity index (χ1v) is 5.82. The van der Waals surface area contributed by atoms with Gasteiger partial charge >= 0.3 is 0 Å². The van der Waals surface area contributed by atoms with Gasteiger partial charge in [0.1, 0.15) is 0 Å². The van der Waals surface area contributed by atoms with Crippen molar-refractivity contribution in [2.75, 3.05) is 6.61 Å². The van der Waals surface area contributed by atoms with Gasteiger partial charge in [-0.25, -0.2) is 8.78 Å². The summed E-state index contributed by atoms with van der Waals surface area (Å²) in [7, 11) is 0. The summed E-state index contributed by atoms with van der Waals surface area (Å²) >= 11 is 0. The Kier molecular flexibility index (Phi) is 5.02. The summed E-state index contributed by atoms with van der Waals surface area (Å²) in [6.45, 7) is 4.35. The van der Waals surface area contributed by atoms with Gasteiger partial charge in [-0.15, -0.1) is 0 Å². The standard InChI is InChI=1S/C13H19F2NO/c1-3-13(16,4-2)9-17-8-10-6-5-7-11(14)12(10)15/h5-7H,3-4,8-9,16H2,1-2H3. The number of hydrogen-bond donors (Lipinski definition) is 1. The van der Waals surface area contributed by atoms with E-state index in [0.29, 0.717) is 6.61 Å². The molecule has 0 aliphatic rings. The average Bonchev–Trinajstić information content (AvgIpc) is 2.34. The molecule has 0 atom stereocenters. The van der Waals surface area contributed by atoms with Crippen molar-refractivity contribution in [3.05, 3.63) is 35.4 Å². The lowest BCUT2D eigenvalue weighted by Gasteiger charge is -2.26. The van der Waals surface area contributed by atoms with Gasteiger partial charge < -0.3 is 10.5 Å². The van der Waals surface area contributed by atoms with E-state index in [1.807, 2.05) is 13.8 Å². The number of rotatable bonds is 6. The highest BCUT2D eigenvalue weighted by atomic mass is 19.2. The first-order valence-electron chi connectivity index (χ1n) is 5.82. The molecular weight excluding hydrogens is 224 g/mol. The Morgan fingerprint density at radius 3 is 2.47 bits per heavy atom. The van der Waals surface area contributed by atoms with Crippen LogP contribution in [0.2, 0.25) is 0 Å². The fourth-order valence-corrected chi connectivity index (χ4v) is 1.48. The van der Waals surface area contributed by atoms with E-state index in [2.05, 4.69) is 0 Å². The maximum Gasteiger partial charge on any atom is 0.164 e. The summed E-state index contributed by atoms with van der Waals surface area (Å²) in [6, 6.07) is 4.06. The minimum absolute atomic E-state index is 0.0442. The molecule has 1 aromatic rings. The van der Waals surface area contributed by atoms with Crippen LogP contribution in [-0.2, 0) is 11.3 Å². The second-order valence-corrected chi connectivity index (χ2v) is 4.28. The zero-order valence-corrected chi connectivity index (χ0v) is 10.3. The molecule has 0 heterocycles. The second kappa shape index (κ2) is 6.07. The fourth-order valence-electron chi connectivity index (χ4n) is 1.48. The zero-order valence-electron chi connectivity index (χ0n) is 10.3. The number of halogens is 2. The minimum atomic E-state index is -0.851. The molecular formula is C13H19F2NO. The van der Waals surface area contributed by atoms with Crippen LogP contribution in [0.5, 0.6) is 0 Å². The maximum atomic E-state index is 13.3. The third-order valence-electron chi connectivity index (χ3n) is 3.09. The molecule has 0 saturated carbocycles. The number of benzene rings is 1. The SMILES string of the molecule is CCC(N)(CC)COCc1cccc(F)c1F. The molecule has 0 saturated heterocycles. The molecule has 2 nitrogen and oxygen atoms in total. The summed E-state index contributed by atoms with van der Waals surface area (Å²) < 4.78 is 31.6. The molecule has 0 radical (unpaired) electrons. The van der Waals surface area contributed by atoms with E-state index in [9.17, 15) is 8.78 Å². The number of ether oxygens (including phenoxy) is 1. The van der Waals surface area contributed by atoms with E-state index < -0.39 is 11.6 Å². The van der Waals surface area contributed by atoms with Gasteiger partial charge in [0.15, 0.2) is 11.6 Å². The van der Waals surface area contributed by atoms with E-state index in [-0.39, 0.29) is 17.7 Å². The van der Waals surface area contributed by atoms with Crippen molar-refractivity contribution >= 4 is 0 Å². The van der Waals surface area contributed by atoms with Crippen LogP contribution in [-0.4, -0.2) is 12.1 Å². The van der Waals surface area contributed by atoms with Crippen LogP contribution < -0.4 is 5.73 Å². The van der Waals surface area contributed by atoms with Crippen molar-refractivity contribution in [2.45, 2.75) is 38.8 Å². The van der Waals surface area contributed by atoms with Crippen LogP contribution in [0.3, 0.4) is 0 Å². The van der Waals surface area contributed by atoms with Crippen molar-refractivity contribution in [1.29, 1.82) is 0 Å². The van der Waals surface area contributed by atoms with E-state index >= 15 is 0 Å². The number of hydrogen-bond acceptors (Lipinski definition) is 2. The largest absolute Gasteiger partial charge is 0.375 e. The minimum Gasteiger partial charge on any atom is -0.375 e. The summed E-state index contributed by atoms with van der Waals surface area (Å²) in [5, 5.41) is 0. The van der Waals surface area contributed by atoms with Gasteiger partial charge in [-0.1, -0.05) is 26.0 Å². The van der Waals surface area contributed by atoms with Crippen LogP contribution in [0.1, 0.15) is 32.3 Å². The summed E-state index contributed by atoms with van der Waals surface area (Å²) in [5.74, 6) is -1.70. The Morgan fingerprint density at radius 1 is 1.24 bits per heavy atom. The first kappa shape index (κ1) is 14.1. The van der Waals surface area contributed by atoms with Crippen molar-refractivity contribution < 1.29 is 13.5 Å². The Morgan fingerprint density at radius 2 is 1.88 bits per heavy atom. The Balaban J connectivity index is 2.54. The molecule has 17 heavy (non-hydrogen) atoms. The number of nitrogens with two attached hydrogens (primary N) is 1. The summed E-state index contributed by atoms with van der Waals surface area (Å²) in [5.41, 5.74) is 5.87. The van der Waals surface area contributed by atoms with E-state index in [0.717, 1.165) is 18.9 Å². The van der Waals surface area contributed by atoms with Gasteiger partial charge in [0.05, 0.1) is 13.2 Å². The Hall–Kier alpha value is -1.00. The fraction of sp³-hybridized carbons (Fsp3) is 0.538. The highest BCUT2D eigenvalue weighted by Gasteiger charge is 2.20. The van der Waals surface area contributed by atoms with Gasteiger partial charge in [-0.05, 0) is 18.9 Å². The van der Waals surface area contributed by atoms with E-state index in [4.69, 9.17) is 10.5 Å². The smallest absolute Gasteiger partial charge is 0.164 e. The van der Waals surface area contributed by atoms with Crippen LogP contribution >= 0.6 is 0 Å². The molecule has 0 fully saturated rings. The molecule has 0 aliphatic carbocycles. The van der Waals surface area contributed by atoms with Crippen LogP contribution in [0.15, 0.2) is 18.2 Å². The first-order chi connectivity index (χ1) is 8.02. The second-order valence-electron chi connectivity index (χ2n) is 4.28. The Labute approximate surface area is 101 Å². The molecule has 4 heteroatoms. The molecule has 0 amide bonds. The highest BCUT2D eigenvalue weighted by Crippen LogP contribution is 2.15. The quantitative estimate of drug-likeness (QED) is 0.833.